The topological polar surface area (TPSA) is 118 Å². The van der Waals surface area contributed by atoms with Gasteiger partial charge in [0.2, 0.25) is 17.6 Å². The fourth-order valence-electron chi connectivity index (χ4n) is 1.46. The molecular formula is C12H13N3O5. The lowest BCUT2D eigenvalue weighted by Gasteiger charge is -2.07. The molecule has 0 fully saturated rings. The first-order valence-corrected chi connectivity index (χ1v) is 5.93. The van der Waals surface area contributed by atoms with E-state index in [4.69, 9.17) is 14.0 Å². The van der Waals surface area contributed by atoms with Crippen LogP contribution in [-0.4, -0.2) is 33.2 Å². The van der Waals surface area contributed by atoms with Gasteiger partial charge in [-0.25, -0.2) is 0 Å². The van der Waals surface area contributed by atoms with Crippen LogP contribution in [0.5, 0.6) is 0 Å². The molecule has 0 aromatic carbocycles. The molecule has 0 bridgehead atoms. The molecule has 0 saturated heterocycles. The van der Waals surface area contributed by atoms with Crippen LogP contribution in [0.1, 0.15) is 19.2 Å². The van der Waals surface area contributed by atoms with Gasteiger partial charge >= 0.3 is 5.97 Å². The van der Waals surface area contributed by atoms with Crippen molar-refractivity contribution in [1.29, 1.82) is 0 Å². The number of carbonyl (C=O) groups excluding carboxylic acids is 1. The Kier molecular flexibility index (Phi) is 4.14. The molecule has 2 heterocycles. The van der Waals surface area contributed by atoms with E-state index in [0.29, 0.717) is 17.3 Å². The summed E-state index contributed by atoms with van der Waals surface area (Å²) >= 11 is 0. The zero-order valence-corrected chi connectivity index (χ0v) is 10.7. The van der Waals surface area contributed by atoms with Gasteiger partial charge < -0.3 is 19.4 Å². The van der Waals surface area contributed by atoms with Gasteiger partial charge in [0.1, 0.15) is 12.3 Å². The summed E-state index contributed by atoms with van der Waals surface area (Å²) < 4.78 is 9.89. The quantitative estimate of drug-likeness (QED) is 0.804. The van der Waals surface area contributed by atoms with Crippen LogP contribution in [0.2, 0.25) is 0 Å². The predicted molar refractivity (Wildman–Crippen MR) is 65.6 cm³/mol. The first kappa shape index (κ1) is 13.8. The van der Waals surface area contributed by atoms with Gasteiger partial charge in [-0.05, 0) is 13.0 Å². The minimum absolute atomic E-state index is 0.0740. The van der Waals surface area contributed by atoms with E-state index in [2.05, 4.69) is 15.5 Å². The van der Waals surface area contributed by atoms with E-state index in [-0.39, 0.29) is 18.7 Å². The Balaban J connectivity index is 1.86. The summed E-state index contributed by atoms with van der Waals surface area (Å²) in [5.41, 5.74) is 0.684. The highest BCUT2D eigenvalue weighted by Crippen LogP contribution is 2.16. The summed E-state index contributed by atoms with van der Waals surface area (Å²) in [6.45, 7) is 1.39. The van der Waals surface area contributed by atoms with Crippen molar-refractivity contribution in [1.82, 2.24) is 15.5 Å². The molecule has 8 nitrogen and oxygen atoms in total. The van der Waals surface area contributed by atoms with Crippen LogP contribution in [0.15, 0.2) is 27.5 Å². The van der Waals surface area contributed by atoms with Gasteiger partial charge in [-0.1, -0.05) is 5.16 Å². The highest BCUT2D eigenvalue weighted by atomic mass is 16.5. The van der Waals surface area contributed by atoms with Gasteiger partial charge in [0, 0.05) is 12.8 Å². The minimum Gasteiger partial charge on any atom is -0.480 e. The predicted octanol–water partition coefficient (Wildman–Crippen LogP) is 0.851. The molecule has 0 aliphatic carbocycles. The molecule has 0 aliphatic rings. The van der Waals surface area contributed by atoms with E-state index in [1.54, 1.807) is 6.07 Å². The number of carbonyl (C=O) groups is 2. The summed E-state index contributed by atoms with van der Waals surface area (Å²) in [4.78, 5) is 26.2. The van der Waals surface area contributed by atoms with Gasteiger partial charge in [0.25, 0.3) is 0 Å². The Morgan fingerprint density at radius 2 is 2.30 bits per heavy atom. The normalized spacial score (nSPS) is 12.1. The first-order chi connectivity index (χ1) is 9.56. The van der Waals surface area contributed by atoms with Gasteiger partial charge in [-0.2, -0.15) is 4.98 Å². The van der Waals surface area contributed by atoms with Crippen LogP contribution in [0, 0.1) is 0 Å². The zero-order chi connectivity index (χ0) is 14.5. The second-order valence-corrected chi connectivity index (χ2v) is 4.15. The van der Waals surface area contributed by atoms with Crippen LogP contribution in [-0.2, 0) is 16.0 Å². The molecule has 106 valence electrons. The number of aromatic nitrogens is 2. The minimum atomic E-state index is -1.08. The second-order valence-electron chi connectivity index (χ2n) is 4.15. The number of nitrogens with one attached hydrogen (secondary N) is 1. The Morgan fingerprint density at radius 1 is 1.50 bits per heavy atom. The summed E-state index contributed by atoms with van der Waals surface area (Å²) in [5.74, 6) is -0.784. The SMILES string of the molecule is C[C@H](NC(=O)CCc1nc(-c2ccoc2)no1)C(=O)O. The molecule has 0 aliphatic heterocycles. The number of aliphatic carboxylic acids is 1. The molecule has 0 unspecified atom stereocenters. The number of nitrogens with zero attached hydrogens (tertiary/aromatic N) is 2. The van der Waals surface area contributed by atoms with Crippen molar-refractivity contribution in [2.45, 2.75) is 25.8 Å². The number of rotatable bonds is 6. The number of carboxylic acids is 1. The van der Waals surface area contributed by atoms with E-state index >= 15 is 0 Å². The summed E-state index contributed by atoms with van der Waals surface area (Å²) in [7, 11) is 0. The van der Waals surface area contributed by atoms with Crippen molar-refractivity contribution in [3.8, 4) is 11.4 Å². The average molecular weight is 279 g/mol. The van der Waals surface area contributed by atoms with E-state index in [1.807, 2.05) is 0 Å². The first-order valence-electron chi connectivity index (χ1n) is 5.93. The second kappa shape index (κ2) is 6.00. The molecule has 0 saturated carbocycles. The van der Waals surface area contributed by atoms with Crippen molar-refractivity contribution in [2.75, 3.05) is 0 Å². The van der Waals surface area contributed by atoms with Crippen molar-refractivity contribution < 1.29 is 23.6 Å². The van der Waals surface area contributed by atoms with E-state index < -0.39 is 12.0 Å². The Bertz CT molecular complexity index is 590. The van der Waals surface area contributed by atoms with Gasteiger partial charge in [-0.3, -0.25) is 9.59 Å². The molecule has 2 rings (SSSR count). The number of hydrogen-bond acceptors (Lipinski definition) is 6. The highest BCUT2D eigenvalue weighted by Gasteiger charge is 2.15. The summed E-state index contributed by atoms with van der Waals surface area (Å²) in [6, 6.07) is 0.766. The molecule has 2 aromatic rings. The lowest BCUT2D eigenvalue weighted by Crippen LogP contribution is -2.38. The molecule has 2 N–H and O–H groups in total. The Labute approximate surface area is 113 Å². The van der Waals surface area contributed by atoms with Crippen LogP contribution in [0.25, 0.3) is 11.4 Å². The third-order valence-corrected chi connectivity index (χ3v) is 2.56. The summed E-state index contributed by atoms with van der Waals surface area (Å²) in [5, 5.41) is 14.8. The molecule has 8 heteroatoms. The molecule has 2 aromatic heterocycles. The molecule has 1 amide bonds. The lowest BCUT2D eigenvalue weighted by atomic mass is 10.2. The van der Waals surface area contributed by atoms with Gasteiger partial charge in [0.15, 0.2) is 0 Å². The Hall–Kier alpha value is -2.64. The number of amides is 1. The molecular weight excluding hydrogens is 266 g/mol. The Morgan fingerprint density at radius 3 is 2.95 bits per heavy atom. The number of aryl methyl sites for hydroxylation is 1. The van der Waals surface area contributed by atoms with Crippen molar-refractivity contribution in [3.63, 3.8) is 0 Å². The van der Waals surface area contributed by atoms with Crippen LogP contribution < -0.4 is 5.32 Å². The largest absolute Gasteiger partial charge is 0.480 e. The molecule has 1 atom stereocenters. The van der Waals surface area contributed by atoms with Crippen LogP contribution in [0.3, 0.4) is 0 Å². The molecule has 20 heavy (non-hydrogen) atoms. The standard InChI is InChI=1S/C12H13N3O5/c1-7(12(17)18)13-9(16)2-3-10-14-11(15-20-10)8-4-5-19-6-8/h4-7H,2-3H2,1H3,(H,13,16)(H,17,18)/t7-/m0/s1. The van der Waals surface area contributed by atoms with E-state index in [0.717, 1.165) is 0 Å². The van der Waals surface area contributed by atoms with E-state index in [1.165, 1.54) is 19.5 Å². The zero-order valence-electron chi connectivity index (χ0n) is 10.7. The third kappa shape index (κ3) is 3.44. The summed E-state index contributed by atoms with van der Waals surface area (Å²) in [6.07, 6.45) is 3.29. The third-order valence-electron chi connectivity index (χ3n) is 2.56. The fraction of sp³-hybridized carbons (Fsp3) is 0.333. The van der Waals surface area contributed by atoms with Gasteiger partial charge in [-0.15, -0.1) is 0 Å². The van der Waals surface area contributed by atoms with E-state index in [9.17, 15) is 9.59 Å². The maximum absolute atomic E-state index is 11.5. The monoisotopic (exact) mass is 279 g/mol. The van der Waals surface area contributed by atoms with Crippen LogP contribution in [0.4, 0.5) is 0 Å². The smallest absolute Gasteiger partial charge is 0.325 e. The maximum Gasteiger partial charge on any atom is 0.325 e. The maximum atomic E-state index is 11.5. The fourth-order valence-corrected chi connectivity index (χ4v) is 1.46. The molecule has 0 spiro atoms. The number of carboxylic acid groups (broad SMARTS) is 1. The molecule has 0 radical (unpaired) electrons. The van der Waals surface area contributed by atoms with Crippen LogP contribution >= 0.6 is 0 Å². The van der Waals surface area contributed by atoms with Crippen molar-refractivity contribution >= 4 is 11.9 Å². The van der Waals surface area contributed by atoms with Gasteiger partial charge in [0.05, 0.1) is 11.8 Å². The van der Waals surface area contributed by atoms with Crippen molar-refractivity contribution in [2.24, 2.45) is 0 Å². The highest BCUT2D eigenvalue weighted by molar-refractivity contribution is 5.83. The number of furan rings is 1. The lowest BCUT2D eigenvalue weighted by molar-refractivity contribution is -0.141. The number of hydrogen-bond donors (Lipinski definition) is 2. The van der Waals surface area contributed by atoms with Crippen molar-refractivity contribution in [3.05, 3.63) is 24.5 Å². The average Bonchev–Trinajstić information content (AvgIpc) is 3.07.